The monoisotopic (exact) mass is 254 g/mol. The Labute approximate surface area is 104 Å². The van der Waals surface area contributed by atoms with Crippen LogP contribution in [-0.4, -0.2) is 29.6 Å². The molecule has 2 amide bonds. The van der Waals surface area contributed by atoms with Crippen LogP contribution in [0.4, 0.5) is 10.1 Å². The van der Waals surface area contributed by atoms with Crippen molar-refractivity contribution in [2.75, 3.05) is 11.9 Å². The summed E-state index contributed by atoms with van der Waals surface area (Å²) in [6.07, 6.45) is -0.663. The van der Waals surface area contributed by atoms with Crippen LogP contribution < -0.4 is 10.6 Å². The molecule has 0 aliphatic heterocycles. The molecule has 0 spiro atoms. The summed E-state index contributed by atoms with van der Waals surface area (Å²) in [6.45, 7) is 2.89. The molecule has 0 aliphatic rings. The van der Waals surface area contributed by atoms with E-state index in [1.165, 1.54) is 26.0 Å². The Hall–Kier alpha value is -1.95. The molecule has 0 saturated carbocycles. The first-order valence-electron chi connectivity index (χ1n) is 5.43. The quantitative estimate of drug-likeness (QED) is 0.746. The number of anilines is 1. The van der Waals surface area contributed by atoms with Crippen molar-refractivity contribution in [2.45, 2.75) is 20.0 Å². The maximum absolute atomic E-state index is 13.3. The number of hydrogen-bond acceptors (Lipinski definition) is 3. The number of hydrogen-bond donors (Lipinski definition) is 3. The highest BCUT2D eigenvalue weighted by Gasteiger charge is 2.10. The summed E-state index contributed by atoms with van der Waals surface area (Å²) in [5, 5.41) is 13.8. The molecule has 0 bridgehead atoms. The zero-order valence-electron chi connectivity index (χ0n) is 10.2. The van der Waals surface area contributed by atoms with Crippen LogP contribution in [0.2, 0.25) is 0 Å². The van der Waals surface area contributed by atoms with Gasteiger partial charge >= 0.3 is 0 Å². The molecule has 1 atom stereocenters. The number of nitrogens with one attached hydrogen (secondary N) is 2. The van der Waals surface area contributed by atoms with E-state index >= 15 is 0 Å². The molecular weight excluding hydrogens is 239 g/mol. The zero-order chi connectivity index (χ0) is 13.7. The third kappa shape index (κ3) is 4.14. The van der Waals surface area contributed by atoms with Crippen LogP contribution in [0.1, 0.15) is 24.2 Å². The SMILES string of the molecule is CC(=O)Nc1cc(C(=O)NCC(C)O)ccc1F. The van der Waals surface area contributed by atoms with E-state index in [9.17, 15) is 14.0 Å². The number of rotatable bonds is 4. The summed E-state index contributed by atoms with van der Waals surface area (Å²) < 4.78 is 13.3. The van der Waals surface area contributed by atoms with Gasteiger partial charge in [-0.3, -0.25) is 9.59 Å². The smallest absolute Gasteiger partial charge is 0.251 e. The minimum absolute atomic E-state index is 0.0489. The van der Waals surface area contributed by atoms with Crippen LogP contribution in [-0.2, 0) is 4.79 Å². The first-order valence-corrected chi connectivity index (χ1v) is 5.43. The normalized spacial score (nSPS) is 11.8. The number of aliphatic hydroxyl groups is 1. The van der Waals surface area contributed by atoms with Gasteiger partial charge in [0.25, 0.3) is 5.91 Å². The van der Waals surface area contributed by atoms with Gasteiger partial charge in [0.15, 0.2) is 0 Å². The van der Waals surface area contributed by atoms with E-state index < -0.39 is 23.7 Å². The highest BCUT2D eigenvalue weighted by molar-refractivity contribution is 5.96. The zero-order valence-corrected chi connectivity index (χ0v) is 10.2. The summed E-state index contributed by atoms with van der Waals surface area (Å²) in [5.74, 6) is -1.48. The van der Waals surface area contributed by atoms with E-state index in [1.807, 2.05) is 0 Å². The number of carbonyl (C=O) groups excluding carboxylic acids is 2. The number of aliphatic hydroxyl groups excluding tert-OH is 1. The highest BCUT2D eigenvalue weighted by atomic mass is 19.1. The molecule has 5 nitrogen and oxygen atoms in total. The second kappa shape index (κ2) is 6.11. The molecule has 1 rings (SSSR count). The molecule has 6 heteroatoms. The predicted octanol–water partition coefficient (Wildman–Crippen LogP) is 0.895. The van der Waals surface area contributed by atoms with Crippen molar-refractivity contribution >= 4 is 17.5 Å². The fourth-order valence-electron chi connectivity index (χ4n) is 1.29. The Morgan fingerprint density at radius 1 is 1.44 bits per heavy atom. The van der Waals surface area contributed by atoms with Gasteiger partial charge in [-0.25, -0.2) is 4.39 Å². The molecule has 0 radical (unpaired) electrons. The molecule has 0 saturated heterocycles. The lowest BCUT2D eigenvalue weighted by molar-refractivity contribution is -0.114. The molecule has 3 N–H and O–H groups in total. The van der Waals surface area contributed by atoms with Crippen LogP contribution in [0.3, 0.4) is 0 Å². The van der Waals surface area contributed by atoms with Crippen molar-refractivity contribution in [3.63, 3.8) is 0 Å². The minimum atomic E-state index is -0.663. The van der Waals surface area contributed by atoms with E-state index in [2.05, 4.69) is 10.6 Å². The van der Waals surface area contributed by atoms with E-state index in [4.69, 9.17) is 5.11 Å². The average Bonchev–Trinajstić information content (AvgIpc) is 2.28. The molecule has 0 aliphatic carbocycles. The third-order valence-corrected chi connectivity index (χ3v) is 2.10. The van der Waals surface area contributed by atoms with Gasteiger partial charge in [-0.1, -0.05) is 0 Å². The topological polar surface area (TPSA) is 78.4 Å². The third-order valence-electron chi connectivity index (χ3n) is 2.10. The van der Waals surface area contributed by atoms with Crippen molar-refractivity contribution < 1.29 is 19.1 Å². The van der Waals surface area contributed by atoms with Gasteiger partial charge in [0, 0.05) is 19.0 Å². The van der Waals surface area contributed by atoms with Crippen molar-refractivity contribution in [1.29, 1.82) is 0 Å². The lowest BCUT2D eigenvalue weighted by Gasteiger charge is -2.09. The maximum Gasteiger partial charge on any atom is 0.251 e. The van der Waals surface area contributed by atoms with Gasteiger partial charge in [-0.2, -0.15) is 0 Å². The van der Waals surface area contributed by atoms with Gasteiger partial charge in [0.05, 0.1) is 11.8 Å². The van der Waals surface area contributed by atoms with Crippen molar-refractivity contribution in [1.82, 2.24) is 5.32 Å². The molecule has 0 fully saturated rings. The van der Waals surface area contributed by atoms with Crippen LogP contribution in [0.15, 0.2) is 18.2 Å². The van der Waals surface area contributed by atoms with Crippen molar-refractivity contribution in [2.24, 2.45) is 0 Å². The molecule has 18 heavy (non-hydrogen) atoms. The number of benzene rings is 1. The van der Waals surface area contributed by atoms with E-state index in [0.717, 1.165) is 6.07 Å². The molecule has 1 aromatic rings. The fourth-order valence-corrected chi connectivity index (χ4v) is 1.29. The Kier molecular flexibility index (Phi) is 4.79. The molecule has 98 valence electrons. The van der Waals surface area contributed by atoms with Gasteiger partial charge in [-0.15, -0.1) is 0 Å². The second-order valence-electron chi connectivity index (χ2n) is 3.93. The van der Waals surface area contributed by atoms with Gasteiger partial charge in [0.1, 0.15) is 5.82 Å². The summed E-state index contributed by atoms with van der Waals surface area (Å²) in [4.78, 5) is 22.5. The lowest BCUT2D eigenvalue weighted by Crippen LogP contribution is -2.30. The van der Waals surface area contributed by atoms with Gasteiger partial charge < -0.3 is 15.7 Å². The second-order valence-corrected chi connectivity index (χ2v) is 3.93. The summed E-state index contributed by atoms with van der Waals surface area (Å²) in [6, 6.07) is 3.65. The number of amides is 2. The predicted molar refractivity (Wildman–Crippen MR) is 64.7 cm³/mol. The number of halogens is 1. The summed E-state index contributed by atoms with van der Waals surface area (Å²) in [7, 11) is 0. The molecule has 0 aromatic heterocycles. The van der Waals surface area contributed by atoms with E-state index in [0.29, 0.717) is 0 Å². The van der Waals surface area contributed by atoms with Crippen molar-refractivity contribution in [3.05, 3.63) is 29.6 Å². The summed E-state index contributed by atoms with van der Waals surface area (Å²) >= 11 is 0. The Morgan fingerprint density at radius 2 is 2.11 bits per heavy atom. The Balaban J connectivity index is 2.83. The van der Waals surface area contributed by atoms with E-state index in [1.54, 1.807) is 0 Å². The molecule has 1 aromatic carbocycles. The molecule has 1 unspecified atom stereocenters. The first-order chi connectivity index (χ1) is 8.40. The molecule has 0 heterocycles. The average molecular weight is 254 g/mol. The lowest BCUT2D eigenvalue weighted by atomic mass is 10.1. The maximum atomic E-state index is 13.3. The first kappa shape index (κ1) is 14.1. The fraction of sp³-hybridized carbons (Fsp3) is 0.333. The Morgan fingerprint density at radius 3 is 2.67 bits per heavy atom. The molecular formula is C12H15FN2O3. The standard InChI is InChI=1S/C12H15FN2O3/c1-7(16)6-14-12(18)9-3-4-10(13)11(5-9)15-8(2)17/h3-5,7,16H,6H2,1-2H3,(H,14,18)(H,15,17). The summed E-state index contributed by atoms with van der Waals surface area (Å²) in [5.41, 5.74) is 0.160. The van der Waals surface area contributed by atoms with Crippen LogP contribution >= 0.6 is 0 Å². The highest BCUT2D eigenvalue weighted by Crippen LogP contribution is 2.16. The van der Waals surface area contributed by atoms with Gasteiger partial charge in [-0.05, 0) is 25.1 Å². The van der Waals surface area contributed by atoms with Gasteiger partial charge in [0.2, 0.25) is 5.91 Å². The van der Waals surface area contributed by atoms with Crippen LogP contribution in [0.25, 0.3) is 0 Å². The largest absolute Gasteiger partial charge is 0.392 e. The Bertz CT molecular complexity index is 461. The van der Waals surface area contributed by atoms with Crippen molar-refractivity contribution in [3.8, 4) is 0 Å². The van der Waals surface area contributed by atoms with E-state index in [-0.39, 0.29) is 17.8 Å². The minimum Gasteiger partial charge on any atom is -0.392 e. The van der Waals surface area contributed by atoms with Crippen LogP contribution in [0, 0.1) is 5.82 Å². The van der Waals surface area contributed by atoms with Crippen LogP contribution in [0.5, 0.6) is 0 Å². The number of carbonyl (C=O) groups is 2.